The first-order valence-electron chi connectivity index (χ1n) is 8.67. The van der Waals surface area contributed by atoms with Gasteiger partial charge in [0, 0.05) is 38.8 Å². The molecule has 4 heteroatoms. The number of rotatable bonds is 6. The number of likely N-dealkylation sites (tertiary alicyclic amines) is 2. The van der Waals surface area contributed by atoms with E-state index in [4.69, 9.17) is 4.74 Å². The number of hydrogen-bond donors (Lipinski definition) is 1. The van der Waals surface area contributed by atoms with E-state index < -0.39 is 0 Å². The lowest BCUT2D eigenvalue weighted by Gasteiger charge is -2.32. The largest absolute Gasteiger partial charge is 0.381 e. The third kappa shape index (κ3) is 4.17. The van der Waals surface area contributed by atoms with E-state index >= 15 is 0 Å². The van der Waals surface area contributed by atoms with Gasteiger partial charge in [-0.05, 0) is 51.2 Å². The topological polar surface area (TPSA) is 27.7 Å². The molecule has 3 heterocycles. The van der Waals surface area contributed by atoms with Crippen molar-refractivity contribution in [1.82, 2.24) is 15.1 Å². The predicted octanol–water partition coefficient (Wildman–Crippen LogP) is 1.17. The van der Waals surface area contributed by atoms with E-state index in [2.05, 4.69) is 15.1 Å². The van der Waals surface area contributed by atoms with Gasteiger partial charge < -0.3 is 15.0 Å². The van der Waals surface area contributed by atoms with Gasteiger partial charge in [0.05, 0.1) is 6.61 Å². The monoisotopic (exact) mass is 281 g/mol. The lowest BCUT2D eigenvalue weighted by molar-refractivity contribution is 0.162. The lowest BCUT2D eigenvalue weighted by atomic mass is 10.1. The molecule has 3 aliphatic rings. The Balaban J connectivity index is 1.27. The first-order chi connectivity index (χ1) is 9.92. The van der Waals surface area contributed by atoms with Crippen molar-refractivity contribution in [2.45, 2.75) is 38.1 Å². The van der Waals surface area contributed by atoms with Crippen molar-refractivity contribution in [1.29, 1.82) is 0 Å². The maximum absolute atomic E-state index is 5.41. The summed E-state index contributed by atoms with van der Waals surface area (Å²) < 4.78 is 5.41. The minimum absolute atomic E-state index is 0.759. The SMILES string of the molecule is C1CCN(C2CCN(CCNCC3CCOC3)C2)CC1. The number of nitrogens with one attached hydrogen (secondary N) is 1. The van der Waals surface area contributed by atoms with Crippen molar-refractivity contribution in [3.63, 3.8) is 0 Å². The van der Waals surface area contributed by atoms with Crippen LogP contribution in [0.4, 0.5) is 0 Å². The molecule has 2 atom stereocenters. The minimum Gasteiger partial charge on any atom is -0.381 e. The zero-order valence-electron chi connectivity index (χ0n) is 12.9. The summed E-state index contributed by atoms with van der Waals surface area (Å²) in [5, 5.41) is 3.61. The lowest BCUT2D eigenvalue weighted by Crippen LogP contribution is -2.41. The standard InChI is InChI=1S/C16H31N3O/c1-2-7-19(8-3-1)16-4-9-18(13-16)10-6-17-12-15-5-11-20-14-15/h15-17H,1-14H2. The van der Waals surface area contributed by atoms with E-state index in [0.29, 0.717) is 0 Å². The van der Waals surface area contributed by atoms with Gasteiger partial charge in [0.15, 0.2) is 0 Å². The van der Waals surface area contributed by atoms with Crippen molar-refractivity contribution < 1.29 is 4.74 Å². The van der Waals surface area contributed by atoms with Crippen LogP contribution in [0.25, 0.3) is 0 Å². The molecule has 0 amide bonds. The summed E-state index contributed by atoms with van der Waals surface area (Å²) in [5.74, 6) is 0.759. The Bertz CT molecular complexity index is 275. The van der Waals surface area contributed by atoms with Gasteiger partial charge >= 0.3 is 0 Å². The second-order valence-electron chi connectivity index (χ2n) is 6.77. The van der Waals surface area contributed by atoms with E-state index in [1.807, 2.05) is 0 Å². The van der Waals surface area contributed by atoms with E-state index in [-0.39, 0.29) is 0 Å². The molecule has 0 aromatic rings. The molecule has 4 nitrogen and oxygen atoms in total. The fraction of sp³-hybridized carbons (Fsp3) is 1.00. The van der Waals surface area contributed by atoms with E-state index in [9.17, 15) is 0 Å². The third-order valence-corrected chi connectivity index (χ3v) is 5.22. The summed E-state index contributed by atoms with van der Waals surface area (Å²) in [5.41, 5.74) is 0. The Morgan fingerprint density at radius 3 is 2.75 bits per heavy atom. The highest BCUT2D eigenvalue weighted by atomic mass is 16.5. The Morgan fingerprint density at radius 1 is 1.05 bits per heavy atom. The summed E-state index contributed by atoms with van der Waals surface area (Å²) in [6.07, 6.45) is 6.91. The summed E-state index contributed by atoms with van der Waals surface area (Å²) in [6, 6.07) is 0.846. The van der Waals surface area contributed by atoms with Crippen LogP contribution >= 0.6 is 0 Å². The molecule has 0 aromatic heterocycles. The predicted molar refractivity (Wildman–Crippen MR) is 82.1 cm³/mol. The molecule has 0 saturated carbocycles. The summed E-state index contributed by atoms with van der Waals surface area (Å²) in [6.45, 7) is 10.7. The second kappa shape index (κ2) is 7.74. The molecule has 0 aromatic carbocycles. The molecule has 3 rings (SSSR count). The average Bonchev–Trinajstić information content (AvgIpc) is 3.16. The van der Waals surface area contributed by atoms with Crippen LogP contribution in [-0.2, 0) is 4.74 Å². The second-order valence-corrected chi connectivity index (χ2v) is 6.77. The van der Waals surface area contributed by atoms with Crippen LogP contribution < -0.4 is 5.32 Å². The van der Waals surface area contributed by atoms with Crippen molar-refractivity contribution in [3.8, 4) is 0 Å². The maximum atomic E-state index is 5.41. The maximum Gasteiger partial charge on any atom is 0.0507 e. The molecule has 3 aliphatic heterocycles. The minimum atomic E-state index is 0.759. The molecule has 3 fully saturated rings. The summed E-state index contributed by atoms with van der Waals surface area (Å²) >= 11 is 0. The van der Waals surface area contributed by atoms with Crippen LogP contribution in [0.15, 0.2) is 0 Å². The van der Waals surface area contributed by atoms with Crippen molar-refractivity contribution >= 4 is 0 Å². The van der Waals surface area contributed by atoms with E-state index in [1.54, 1.807) is 0 Å². The zero-order valence-corrected chi connectivity index (χ0v) is 12.9. The molecular weight excluding hydrogens is 250 g/mol. The molecule has 0 aliphatic carbocycles. The molecule has 0 radical (unpaired) electrons. The van der Waals surface area contributed by atoms with Crippen LogP contribution in [-0.4, -0.2) is 74.9 Å². The van der Waals surface area contributed by atoms with Crippen molar-refractivity contribution in [2.75, 3.05) is 59.0 Å². The molecule has 2 unspecified atom stereocenters. The smallest absolute Gasteiger partial charge is 0.0507 e. The molecule has 116 valence electrons. The molecule has 3 saturated heterocycles. The number of ether oxygens (including phenoxy) is 1. The quantitative estimate of drug-likeness (QED) is 0.740. The van der Waals surface area contributed by atoms with Gasteiger partial charge in [-0.3, -0.25) is 4.90 Å². The van der Waals surface area contributed by atoms with Crippen LogP contribution in [0.3, 0.4) is 0 Å². The molecule has 1 N–H and O–H groups in total. The Labute approximate surface area is 123 Å². The Kier molecular flexibility index (Phi) is 5.71. The third-order valence-electron chi connectivity index (χ3n) is 5.22. The molecular formula is C16H31N3O. The fourth-order valence-corrected chi connectivity index (χ4v) is 3.88. The number of piperidine rings is 1. The van der Waals surface area contributed by atoms with Gasteiger partial charge in [0.2, 0.25) is 0 Å². The highest BCUT2D eigenvalue weighted by Gasteiger charge is 2.27. The highest BCUT2D eigenvalue weighted by molar-refractivity contribution is 4.85. The van der Waals surface area contributed by atoms with E-state index in [0.717, 1.165) is 38.3 Å². The highest BCUT2D eigenvalue weighted by Crippen LogP contribution is 2.19. The first-order valence-corrected chi connectivity index (χ1v) is 8.67. The zero-order chi connectivity index (χ0) is 13.6. The van der Waals surface area contributed by atoms with Gasteiger partial charge in [-0.1, -0.05) is 6.42 Å². The van der Waals surface area contributed by atoms with Crippen LogP contribution in [0.2, 0.25) is 0 Å². The summed E-state index contributed by atoms with van der Waals surface area (Å²) in [4.78, 5) is 5.39. The van der Waals surface area contributed by atoms with Crippen LogP contribution in [0.1, 0.15) is 32.1 Å². The first kappa shape index (κ1) is 14.8. The van der Waals surface area contributed by atoms with Crippen molar-refractivity contribution in [2.24, 2.45) is 5.92 Å². The van der Waals surface area contributed by atoms with Gasteiger partial charge in [0.25, 0.3) is 0 Å². The average molecular weight is 281 g/mol. The van der Waals surface area contributed by atoms with Crippen molar-refractivity contribution in [3.05, 3.63) is 0 Å². The number of nitrogens with zero attached hydrogens (tertiary/aromatic N) is 2. The Morgan fingerprint density at radius 2 is 1.95 bits per heavy atom. The summed E-state index contributed by atoms with van der Waals surface area (Å²) in [7, 11) is 0. The van der Waals surface area contributed by atoms with Crippen LogP contribution in [0, 0.1) is 5.92 Å². The normalized spacial score (nSPS) is 33.0. The fourth-order valence-electron chi connectivity index (χ4n) is 3.88. The Hall–Kier alpha value is -0.160. The molecule has 20 heavy (non-hydrogen) atoms. The van der Waals surface area contributed by atoms with Gasteiger partial charge in [0.1, 0.15) is 0 Å². The van der Waals surface area contributed by atoms with Crippen LogP contribution in [0.5, 0.6) is 0 Å². The van der Waals surface area contributed by atoms with Gasteiger partial charge in [-0.2, -0.15) is 0 Å². The van der Waals surface area contributed by atoms with Gasteiger partial charge in [-0.25, -0.2) is 0 Å². The number of hydrogen-bond acceptors (Lipinski definition) is 4. The van der Waals surface area contributed by atoms with Gasteiger partial charge in [-0.15, -0.1) is 0 Å². The van der Waals surface area contributed by atoms with E-state index in [1.165, 1.54) is 64.8 Å². The molecule has 0 spiro atoms. The molecule has 0 bridgehead atoms.